The Morgan fingerprint density at radius 1 is 1.18 bits per heavy atom. The zero-order valence-electron chi connectivity index (χ0n) is 13.2. The summed E-state index contributed by atoms with van der Waals surface area (Å²) in [5, 5.41) is 10.4. The molecule has 1 heterocycles. The second-order valence-corrected chi connectivity index (χ2v) is 6.44. The Bertz CT molecular complexity index is 455. The summed E-state index contributed by atoms with van der Waals surface area (Å²) in [4.78, 5) is 0. The monoisotopic (exact) mass is 306 g/mol. The van der Waals surface area contributed by atoms with Crippen molar-refractivity contribution in [1.29, 1.82) is 0 Å². The van der Waals surface area contributed by atoms with Crippen molar-refractivity contribution < 1.29 is 19.3 Å². The van der Waals surface area contributed by atoms with Gasteiger partial charge in [0.25, 0.3) is 0 Å². The summed E-state index contributed by atoms with van der Waals surface area (Å²) in [6, 6.07) is 9.98. The number of hydrogen-bond acceptors (Lipinski definition) is 4. The van der Waals surface area contributed by atoms with Gasteiger partial charge in [0.1, 0.15) is 12.2 Å². The minimum absolute atomic E-state index is 0.0894. The van der Waals surface area contributed by atoms with Crippen LogP contribution in [-0.4, -0.2) is 35.8 Å². The molecule has 1 N–H and O–H groups in total. The maximum atomic E-state index is 10.4. The van der Waals surface area contributed by atoms with E-state index in [9.17, 15) is 5.11 Å². The number of aliphatic hydroxyl groups excluding tert-OH is 1. The highest BCUT2D eigenvalue weighted by atomic mass is 16.8. The summed E-state index contributed by atoms with van der Waals surface area (Å²) in [5.41, 5.74) is 1.11. The van der Waals surface area contributed by atoms with E-state index < -0.39 is 11.9 Å². The summed E-state index contributed by atoms with van der Waals surface area (Å²) in [6.45, 7) is 2.75. The molecule has 0 bridgehead atoms. The van der Waals surface area contributed by atoms with Gasteiger partial charge >= 0.3 is 0 Å². The van der Waals surface area contributed by atoms with Crippen LogP contribution in [0.15, 0.2) is 30.3 Å². The molecule has 122 valence electrons. The van der Waals surface area contributed by atoms with Crippen molar-refractivity contribution >= 4 is 0 Å². The standard InChI is InChI=1S/C18H26O4/c1-14-17(22-18(21-14)10-6-3-7-11-18)16(19)13-20-12-15-8-4-2-5-9-15/h2,4-5,8-9,14,16-17,19H,3,6-7,10-13H2,1H3/t14-,16-,17-/m0/s1. The number of benzene rings is 1. The van der Waals surface area contributed by atoms with Crippen molar-refractivity contribution in [2.45, 2.75) is 69.7 Å². The molecule has 22 heavy (non-hydrogen) atoms. The van der Waals surface area contributed by atoms with Crippen LogP contribution in [0.3, 0.4) is 0 Å². The smallest absolute Gasteiger partial charge is 0.169 e. The van der Waals surface area contributed by atoms with Gasteiger partial charge in [-0.15, -0.1) is 0 Å². The molecule has 3 atom stereocenters. The first-order valence-electron chi connectivity index (χ1n) is 8.34. The molecule has 1 aliphatic carbocycles. The van der Waals surface area contributed by atoms with E-state index in [2.05, 4.69) is 0 Å². The summed E-state index contributed by atoms with van der Waals surface area (Å²) in [6.07, 6.45) is 4.36. The van der Waals surface area contributed by atoms with Crippen LogP contribution in [0.25, 0.3) is 0 Å². The molecule has 4 nitrogen and oxygen atoms in total. The number of hydrogen-bond donors (Lipinski definition) is 1. The molecule has 1 saturated carbocycles. The fraction of sp³-hybridized carbons (Fsp3) is 0.667. The summed E-state index contributed by atoms with van der Waals surface area (Å²) in [7, 11) is 0. The van der Waals surface area contributed by atoms with E-state index in [1.54, 1.807) is 0 Å². The quantitative estimate of drug-likeness (QED) is 0.908. The first-order valence-corrected chi connectivity index (χ1v) is 8.34. The fourth-order valence-corrected chi connectivity index (χ4v) is 3.46. The average molecular weight is 306 g/mol. The predicted octanol–water partition coefficient (Wildman–Crippen LogP) is 3.03. The molecule has 1 spiro atoms. The van der Waals surface area contributed by atoms with Gasteiger partial charge in [-0.3, -0.25) is 0 Å². The van der Waals surface area contributed by atoms with Gasteiger partial charge in [0, 0.05) is 12.8 Å². The minimum atomic E-state index is -0.653. The molecule has 3 rings (SSSR count). The largest absolute Gasteiger partial charge is 0.388 e. The highest BCUT2D eigenvalue weighted by Crippen LogP contribution is 2.41. The Balaban J connectivity index is 1.48. The zero-order chi connectivity index (χ0) is 15.4. The van der Waals surface area contributed by atoms with E-state index in [-0.39, 0.29) is 18.8 Å². The van der Waals surface area contributed by atoms with Crippen molar-refractivity contribution in [1.82, 2.24) is 0 Å². The molecule has 2 fully saturated rings. The van der Waals surface area contributed by atoms with E-state index >= 15 is 0 Å². The van der Waals surface area contributed by atoms with Crippen LogP contribution in [0.4, 0.5) is 0 Å². The third-order valence-electron chi connectivity index (χ3n) is 4.61. The Hall–Kier alpha value is -0.940. The predicted molar refractivity (Wildman–Crippen MR) is 83.3 cm³/mol. The topological polar surface area (TPSA) is 47.9 Å². The fourth-order valence-electron chi connectivity index (χ4n) is 3.46. The Morgan fingerprint density at radius 3 is 2.64 bits per heavy atom. The van der Waals surface area contributed by atoms with E-state index in [1.807, 2.05) is 37.3 Å². The highest BCUT2D eigenvalue weighted by Gasteiger charge is 2.48. The first kappa shape index (κ1) is 15.9. The molecule has 0 amide bonds. The van der Waals surface area contributed by atoms with Crippen LogP contribution in [-0.2, 0) is 20.8 Å². The lowest BCUT2D eigenvalue weighted by atomic mass is 9.94. The third-order valence-corrected chi connectivity index (χ3v) is 4.61. The second-order valence-electron chi connectivity index (χ2n) is 6.44. The maximum Gasteiger partial charge on any atom is 0.169 e. The normalized spacial score (nSPS) is 28.8. The average Bonchev–Trinajstić information content (AvgIpc) is 2.85. The maximum absolute atomic E-state index is 10.4. The molecule has 1 aromatic rings. The van der Waals surface area contributed by atoms with Crippen LogP contribution in [0, 0.1) is 0 Å². The summed E-state index contributed by atoms with van der Waals surface area (Å²) < 4.78 is 17.8. The van der Waals surface area contributed by atoms with Crippen molar-refractivity contribution in [2.24, 2.45) is 0 Å². The number of aliphatic hydroxyl groups is 1. The Kier molecular flexibility index (Phi) is 5.14. The van der Waals surface area contributed by atoms with Gasteiger partial charge in [-0.05, 0) is 25.3 Å². The summed E-state index contributed by atoms with van der Waals surface area (Å²) in [5.74, 6) is -0.456. The van der Waals surface area contributed by atoms with E-state index in [1.165, 1.54) is 6.42 Å². The van der Waals surface area contributed by atoms with Gasteiger partial charge < -0.3 is 19.3 Å². The van der Waals surface area contributed by atoms with Crippen molar-refractivity contribution in [2.75, 3.05) is 6.61 Å². The molecule has 1 aliphatic heterocycles. The number of rotatable bonds is 5. The second kappa shape index (κ2) is 7.09. The Labute approximate surface area is 132 Å². The molecular formula is C18H26O4. The van der Waals surface area contributed by atoms with Crippen LogP contribution in [0.5, 0.6) is 0 Å². The van der Waals surface area contributed by atoms with Gasteiger partial charge in [-0.2, -0.15) is 0 Å². The van der Waals surface area contributed by atoms with Gasteiger partial charge in [0.15, 0.2) is 5.79 Å². The van der Waals surface area contributed by atoms with Gasteiger partial charge in [-0.1, -0.05) is 36.8 Å². The van der Waals surface area contributed by atoms with Crippen molar-refractivity contribution in [3.05, 3.63) is 35.9 Å². The lowest BCUT2D eigenvalue weighted by molar-refractivity contribution is -0.201. The zero-order valence-corrected chi connectivity index (χ0v) is 13.2. The highest BCUT2D eigenvalue weighted by molar-refractivity contribution is 5.13. The van der Waals surface area contributed by atoms with Crippen LogP contribution < -0.4 is 0 Å². The SMILES string of the molecule is C[C@@H]1OC2(CCCCC2)O[C@@H]1[C@@H](O)COCc1ccccc1. The van der Waals surface area contributed by atoms with Gasteiger partial charge in [0.05, 0.1) is 19.3 Å². The summed E-state index contributed by atoms with van der Waals surface area (Å²) >= 11 is 0. The Morgan fingerprint density at radius 2 is 1.91 bits per heavy atom. The van der Waals surface area contributed by atoms with Crippen LogP contribution in [0.1, 0.15) is 44.6 Å². The first-order chi connectivity index (χ1) is 10.7. The van der Waals surface area contributed by atoms with Gasteiger partial charge in [-0.25, -0.2) is 0 Å². The van der Waals surface area contributed by atoms with Crippen LogP contribution in [0.2, 0.25) is 0 Å². The van der Waals surface area contributed by atoms with Crippen LogP contribution >= 0.6 is 0 Å². The molecule has 1 saturated heterocycles. The lowest BCUT2D eigenvalue weighted by Gasteiger charge is -2.32. The minimum Gasteiger partial charge on any atom is -0.388 e. The molecule has 0 unspecified atom stereocenters. The lowest BCUT2D eigenvalue weighted by Crippen LogP contribution is -2.38. The van der Waals surface area contributed by atoms with Crippen molar-refractivity contribution in [3.8, 4) is 0 Å². The van der Waals surface area contributed by atoms with Crippen molar-refractivity contribution in [3.63, 3.8) is 0 Å². The van der Waals surface area contributed by atoms with E-state index in [4.69, 9.17) is 14.2 Å². The molecule has 0 radical (unpaired) electrons. The molecule has 2 aliphatic rings. The molecule has 0 aromatic heterocycles. The van der Waals surface area contributed by atoms with E-state index in [0.29, 0.717) is 6.61 Å². The molecule has 1 aromatic carbocycles. The number of ether oxygens (including phenoxy) is 3. The third kappa shape index (κ3) is 3.69. The molecule has 4 heteroatoms. The van der Waals surface area contributed by atoms with E-state index in [0.717, 1.165) is 31.2 Å². The van der Waals surface area contributed by atoms with Gasteiger partial charge in [0.2, 0.25) is 0 Å². The molecular weight excluding hydrogens is 280 g/mol.